The van der Waals surface area contributed by atoms with Gasteiger partial charge >= 0.3 is 12.0 Å². The maximum Gasteiger partial charge on any atom is 0.468 e. The molecule has 5 nitrogen and oxygen atoms in total. The Kier molecular flexibility index (Phi) is 6.10. The molecule has 5 heteroatoms. The van der Waals surface area contributed by atoms with Crippen LogP contribution in [0.25, 0.3) is 0 Å². The van der Waals surface area contributed by atoms with E-state index in [-0.39, 0.29) is 12.8 Å². The first-order chi connectivity index (χ1) is 8.52. The van der Waals surface area contributed by atoms with Gasteiger partial charge in [0.15, 0.2) is 0 Å². The van der Waals surface area contributed by atoms with E-state index in [9.17, 15) is 19.2 Å². The fourth-order valence-corrected chi connectivity index (χ4v) is 1.26. The van der Waals surface area contributed by atoms with E-state index in [2.05, 4.69) is 19.7 Å². The van der Waals surface area contributed by atoms with Crippen LogP contribution >= 0.6 is 0 Å². The monoisotopic (exact) mass is 247 g/mol. The van der Waals surface area contributed by atoms with Crippen molar-refractivity contribution in [3.8, 4) is 0 Å². The molecule has 1 atom stereocenters. The van der Waals surface area contributed by atoms with Crippen molar-refractivity contribution in [2.45, 2.75) is 18.4 Å². The molecule has 0 saturated carbocycles. The van der Waals surface area contributed by atoms with Gasteiger partial charge in [-0.05, 0) is 6.08 Å². The number of carbonyl (C=O) groups excluding carboxylic acids is 4. The van der Waals surface area contributed by atoms with Crippen LogP contribution in [-0.2, 0) is 19.2 Å². The fourth-order valence-electron chi connectivity index (χ4n) is 1.26. The Hall–Kier alpha value is -2.39. The normalized spacial score (nSPS) is 12.4. The molecule has 0 aliphatic carbocycles. The van der Waals surface area contributed by atoms with Crippen LogP contribution in [0, 0.1) is 0 Å². The molecular weight excluding hydrogens is 234 g/mol. The molecular formula is C13H13NO4+. The minimum Gasteiger partial charge on any atom is -0.283 e. The Morgan fingerprint density at radius 2 is 1.78 bits per heavy atom. The van der Waals surface area contributed by atoms with Gasteiger partial charge in [0.1, 0.15) is 0 Å². The molecule has 0 aliphatic rings. The predicted octanol–water partition coefficient (Wildman–Crippen LogP) is 0.617. The third-order valence-electron chi connectivity index (χ3n) is 2.23. The lowest BCUT2D eigenvalue weighted by molar-refractivity contribution is -0.490. The molecule has 18 heavy (non-hydrogen) atoms. The van der Waals surface area contributed by atoms with Crippen molar-refractivity contribution in [3.63, 3.8) is 0 Å². The Balaban J connectivity index is 5.61. The van der Waals surface area contributed by atoms with Crippen LogP contribution in [0.2, 0.25) is 0 Å². The van der Waals surface area contributed by atoms with Crippen LogP contribution in [0.4, 0.5) is 0 Å². The second-order valence-electron chi connectivity index (χ2n) is 3.37. The van der Waals surface area contributed by atoms with Gasteiger partial charge in [-0.15, -0.1) is 13.2 Å². The molecule has 1 radical (unpaired) electrons. The molecule has 0 bridgehead atoms. The van der Waals surface area contributed by atoms with Crippen molar-refractivity contribution >= 4 is 24.1 Å². The van der Waals surface area contributed by atoms with Gasteiger partial charge < -0.3 is 0 Å². The highest BCUT2D eigenvalue weighted by Crippen LogP contribution is 2.15. The maximum atomic E-state index is 11.7. The molecule has 0 rings (SSSR count). The first-order valence-electron chi connectivity index (χ1n) is 5.02. The highest BCUT2D eigenvalue weighted by molar-refractivity contribution is 6.33. The third kappa shape index (κ3) is 3.06. The number of ketones is 1. The number of allylic oxidation sites excluding steroid dienone is 1. The van der Waals surface area contributed by atoms with Gasteiger partial charge in [-0.1, -0.05) is 23.3 Å². The molecule has 1 unspecified atom stereocenters. The fraction of sp³-hybridized carbons (Fsp3) is 0.231. The van der Waals surface area contributed by atoms with E-state index in [0.717, 1.165) is 6.08 Å². The molecule has 0 aromatic carbocycles. The third-order valence-corrected chi connectivity index (χ3v) is 2.23. The number of amides is 1. The second-order valence-corrected chi connectivity index (χ2v) is 3.37. The lowest BCUT2D eigenvalue weighted by Crippen LogP contribution is -2.47. The summed E-state index contributed by atoms with van der Waals surface area (Å²) in [4.78, 5) is 44.9. The summed E-state index contributed by atoms with van der Waals surface area (Å²) >= 11 is 0. The summed E-state index contributed by atoms with van der Waals surface area (Å²) in [6, 6.07) is 0. The summed E-state index contributed by atoms with van der Waals surface area (Å²) < 4.78 is 0.348. The molecule has 0 aliphatic heterocycles. The Bertz CT molecular complexity index is 448. The van der Waals surface area contributed by atoms with E-state index in [1.165, 1.54) is 24.5 Å². The Labute approximate surface area is 105 Å². The van der Waals surface area contributed by atoms with E-state index in [1.807, 2.05) is 0 Å². The molecule has 0 aromatic heterocycles. The SMILES string of the molecule is C=CCC(=O)C(=O)[N+](=C=O)C([C]=O)(C=C)CC=C. The number of hydrogen-bond donors (Lipinski definition) is 0. The second kappa shape index (κ2) is 7.04. The van der Waals surface area contributed by atoms with Crippen LogP contribution in [0.15, 0.2) is 38.0 Å². The summed E-state index contributed by atoms with van der Waals surface area (Å²) in [6.45, 7) is 10.1. The number of isocyanates is 1. The zero-order valence-electron chi connectivity index (χ0n) is 9.85. The van der Waals surface area contributed by atoms with Crippen molar-refractivity contribution in [1.29, 1.82) is 0 Å². The van der Waals surface area contributed by atoms with Crippen molar-refractivity contribution in [2.24, 2.45) is 0 Å². The van der Waals surface area contributed by atoms with Crippen LogP contribution in [-0.4, -0.2) is 34.2 Å². The van der Waals surface area contributed by atoms with Crippen molar-refractivity contribution in [2.75, 3.05) is 0 Å². The lowest BCUT2D eigenvalue weighted by Gasteiger charge is -2.13. The smallest absolute Gasteiger partial charge is 0.283 e. The number of Topliss-reactive ketones (excluding diaryl/α,β-unsaturated/α-hetero) is 1. The maximum absolute atomic E-state index is 11.7. The molecule has 1 amide bonds. The van der Waals surface area contributed by atoms with E-state index in [4.69, 9.17) is 0 Å². The number of rotatable bonds is 8. The van der Waals surface area contributed by atoms with Gasteiger partial charge in [-0.2, -0.15) is 4.79 Å². The molecule has 0 fully saturated rings. The highest BCUT2D eigenvalue weighted by Gasteiger charge is 2.46. The Morgan fingerprint density at radius 3 is 2.11 bits per heavy atom. The quantitative estimate of drug-likeness (QED) is 0.207. The standard InChI is InChI=1S/C13H13NO4/c1-4-7-11(17)12(18)14(10-16)13(6-3,9-15)8-5-2/h4-6H,1-3,7-8H2/q+1. The number of nitrogens with zero attached hydrogens (tertiary/aromatic N) is 1. The van der Waals surface area contributed by atoms with E-state index >= 15 is 0 Å². The molecule has 0 aromatic rings. The van der Waals surface area contributed by atoms with Crippen molar-refractivity contribution in [1.82, 2.24) is 0 Å². The summed E-state index contributed by atoms with van der Waals surface area (Å²) in [6.07, 6.45) is 6.03. The summed E-state index contributed by atoms with van der Waals surface area (Å²) in [5.74, 6) is -2.03. The molecule has 0 spiro atoms. The zero-order chi connectivity index (χ0) is 14.2. The highest BCUT2D eigenvalue weighted by atomic mass is 16.2. The average Bonchev–Trinajstić information content (AvgIpc) is 2.38. The minimum absolute atomic E-state index is 0.0949. The molecule has 0 N–H and O–H groups in total. The van der Waals surface area contributed by atoms with Crippen LogP contribution < -0.4 is 0 Å². The van der Waals surface area contributed by atoms with Crippen molar-refractivity contribution in [3.05, 3.63) is 38.0 Å². The Morgan fingerprint density at radius 1 is 1.17 bits per heavy atom. The van der Waals surface area contributed by atoms with E-state index in [1.54, 1.807) is 0 Å². The lowest BCUT2D eigenvalue weighted by atomic mass is 9.95. The molecule has 0 saturated heterocycles. The molecule has 93 valence electrons. The largest absolute Gasteiger partial charge is 0.468 e. The van der Waals surface area contributed by atoms with Gasteiger partial charge in [-0.3, -0.25) is 9.59 Å². The van der Waals surface area contributed by atoms with Gasteiger partial charge in [0.25, 0.3) is 17.6 Å². The van der Waals surface area contributed by atoms with Gasteiger partial charge in [-0.25, -0.2) is 4.79 Å². The number of hydrogen-bond acceptors (Lipinski definition) is 4. The first kappa shape index (κ1) is 15.6. The van der Waals surface area contributed by atoms with E-state index in [0.29, 0.717) is 4.58 Å². The van der Waals surface area contributed by atoms with Crippen LogP contribution in [0.3, 0.4) is 0 Å². The van der Waals surface area contributed by atoms with Gasteiger partial charge in [0.2, 0.25) is 0 Å². The van der Waals surface area contributed by atoms with Crippen LogP contribution in [0.1, 0.15) is 12.8 Å². The van der Waals surface area contributed by atoms with E-state index < -0.39 is 17.2 Å². The average molecular weight is 247 g/mol. The number of carbonyl (C=O) groups is 2. The predicted molar refractivity (Wildman–Crippen MR) is 64.2 cm³/mol. The van der Waals surface area contributed by atoms with Crippen molar-refractivity contribution < 1.29 is 23.8 Å². The van der Waals surface area contributed by atoms with Crippen LogP contribution in [0.5, 0.6) is 0 Å². The minimum atomic E-state index is -1.75. The topological polar surface area (TPSA) is 71.3 Å². The summed E-state index contributed by atoms with van der Waals surface area (Å²) in [7, 11) is 0. The van der Waals surface area contributed by atoms with Gasteiger partial charge in [0.05, 0.1) is 0 Å². The summed E-state index contributed by atoms with van der Waals surface area (Å²) in [5.41, 5.74) is -1.75. The molecule has 0 heterocycles. The first-order valence-corrected chi connectivity index (χ1v) is 5.02. The van der Waals surface area contributed by atoms with Gasteiger partial charge in [0, 0.05) is 12.8 Å². The summed E-state index contributed by atoms with van der Waals surface area (Å²) in [5, 5.41) is 0. The zero-order valence-corrected chi connectivity index (χ0v) is 9.85.